The molecule has 3 rings (SSSR count). The number of hydrogen-bond acceptors (Lipinski definition) is 5. The number of nitrogens with one attached hydrogen (secondary N) is 1. The van der Waals surface area contributed by atoms with Crippen LogP contribution in [-0.2, 0) is 32.0 Å². The summed E-state index contributed by atoms with van der Waals surface area (Å²) in [5, 5.41) is 2.88. The van der Waals surface area contributed by atoms with E-state index < -0.39 is 12.1 Å². The zero-order chi connectivity index (χ0) is 29.9. The van der Waals surface area contributed by atoms with Gasteiger partial charge in [-0.25, -0.2) is 0 Å². The summed E-state index contributed by atoms with van der Waals surface area (Å²) in [6.45, 7) is 6.23. The fourth-order valence-corrected chi connectivity index (χ4v) is 4.76. The number of likely N-dealkylation sites (N-methyl/N-ethyl adjacent to an activating group) is 1. The molecular formula is C34H43N3O4. The number of benzene rings is 3. The highest BCUT2D eigenvalue weighted by molar-refractivity contribution is 5.89. The Labute approximate surface area is 244 Å². The number of aryl methyl sites for hydroxylation is 1. The number of amides is 2. The first-order valence-electron chi connectivity index (χ1n) is 14.3. The molecule has 0 aliphatic carbocycles. The van der Waals surface area contributed by atoms with Gasteiger partial charge in [0.15, 0.2) is 0 Å². The van der Waals surface area contributed by atoms with Crippen molar-refractivity contribution in [1.29, 1.82) is 0 Å². The summed E-state index contributed by atoms with van der Waals surface area (Å²) in [4.78, 5) is 38.9. The fourth-order valence-electron chi connectivity index (χ4n) is 4.76. The summed E-state index contributed by atoms with van der Waals surface area (Å²) >= 11 is 0. The van der Waals surface area contributed by atoms with Gasteiger partial charge >= 0.3 is 5.97 Å². The number of ether oxygens (including phenoxy) is 1. The summed E-state index contributed by atoms with van der Waals surface area (Å²) in [5.74, 6) is -0.383. The molecule has 3 aromatic rings. The van der Waals surface area contributed by atoms with Gasteiger partial charge in [-0.2, -0.15) is 0 Å². The number of nitrogens with two attached hydrogens (primary N) is 1. The first-order valence-corrected chi connectivity index (χ1v) is 14.3. The Balaban J connectivity index is 1.74. The molecule has 2 amide bonds. The van der Waals surface area contributed by atoms with E-state index in [1.807, 2.05) is 51.1 Å². The van der Waals surface area contributed by atoms with Crippen LogP contribution in [0.25, 0.3) is 22.3 Å². The molecule has 0 saturated carbocycles. The second-order valence-corrected chi connectivity index (χ2v) is 11.0. The van der Waals surface area contributed by atoms with Crippen LogP contribution in [-0.4, -0.2) is 55.5 Å². The van der Waals surface area contributed by atoms with E-state index >= 15 is 0 Å². The van der Waals surface area contributed by atoms with Gasteiger partial charge in [0.25, 0.3) is 0 Å². The van der Waals surface area contributed by atoms with Crippen LogP contribution < -0.4 is 11.1 Å². The van der Waals surface area contributed by atoms with Crippen LogP contribution in [0.4, 0.5) is 0 Å². The standard InChI is InChI=1S/C34H43N3O4/c1-6-41-32(38)18-13-24-9-7-11-28(20-24)26-14-16-27(17-15-26)29-12-8-10-25(21-29)22-31(34(40)37(4)5)36-33(39)30(35)19-23(2)3/h7-12,14-17,20-21,23,30-31H,6,13,18-19,22,35H2,1-5H3,(H,36,39)/t30-,31-/m0/s1. The van der Waals surface area contributed by atoms with Crippen LogP contribution in [0.5, 0.6) is 0 Å². The maximum absolute atomic E-state index is 12.9. The molecule has 2 atom stereocenters. The average molecular weight is 558 g/mol. The number of carbonyl (C=O) groups excluding carboxylic acids is 3. The Morgan fingerprint density at radius 2 is 1.41 bits per heavy atom. The van der Waals surface area contributed by atoms with Crippen molar-refractivity contribution in [2.75, 3.05) is 20.7 Å². The summed E-state index contributed by atoms with van der Waals surface area (Å²) in [6, 6.07) is 23.2. The third kappa shape index (κ3) is 9.57. The minimum absolute atomic E-state index is 0.172. The van der Waals surface area contributed by atoms with Gasteiger partial charge in [0.05, 0.1) is 12.6 Å². The van der Waals surface area contributed by atoms with E-state index in [4.69, 9.17) is 10.5 Å². The molecule has 0 aromatic heterocycles. The van der Waals surface area contributed by atoms with Crippen molar-refractivity contribution in [3.8, 4) is 22.3 Å². The van der Waals surface area contributed by atoms with Crippen LogP contribution >= 0.6 is 0 Å². The second-order valence-electron chi connectivity index (χ2n) is 11.0. The molecule has 0 radical (unpaired) electrons. The van der Waals surface area contributed by atoms with Crippen LogP contribution in [0.3, 0.4) is 0 Å². The molecule has 3 aromatic carbocycles. The molecule has 0 spiro atoms. The molecule has 3 N–H and O–H groups in total. The van der Waals surface area contributed by atoms with Gasteiger partial charge in [-0.15, -0.1) is 0 Å². The normalized spacial score (nSPS) is 12.5. The first kappa shape index (κ1) is 31.6. The Morgan fingerprint density at radius 1 is 0.854 bits per heavy atom. The van der Waals surface area contributed by atoms with Crippen LogP contribution in [0, 0.1) is 5.92 Å². The second kappa shape index (κ2) is 15.1. The van der Waals surface area contributed by atoms with Crippen LogP contribution in [0.2, 0.25) is 0 Å². The molecule has 0 fully saturated rings. The van der Waals surface area contributed by atoms with E-state index in [0.717, 1.165) is 33.4 Å². The van der Waals surface area contributed by atoms with Crippen LogP contribution in [0.1, 0.15) is 44.7 Å². The van der Waals surface area contributed by atoms with Crippen molar-refractivity contribution in [2.24, 2.45) is 11.7 Å². The largest absolute Gasteiger partial charge is 0.466 e. The van der Waals surface area contributed by atoms with Crippen molar-refractivity contribution < 1.29 is 19.1 Å². The Kier molecular flexibility index (Phi) is 11.7. The Morgan fingerprint density at radius 3 is 1.95 bits per heavy atom. The summed E-state index contributed by atoms with van der Waals surface area (Å²) in [6.07, 6.45) is 1.92. The number of carbonyl (C=O) groups is 3. The lowest BCUT2D eigenvalue weighted by Gasteiger charge is -2.24. The van der Waals surface area contributed by atoms with Crippen LogP contribution in [0.15, 0.2) is 72.8 Å². The quantitative estimate of drug-likeness (QED) is 0.288. The van der Waals surface area contributed by atoms with Crippen molar-refractivity contribution >= 4 is 17.8 Å². The van der Waals surface area contributed by atoms with Gasteiger partial charge < -0.3 is 20.7 Å². The number of rotatable bonds is 13. The number of esters is 1. The zero-order valence-corrected chi connectivity index (χ0v) is 24.9. The zero-order valence-electron chi connectivity index (χ0n) is 24.9. The highest BCUT2D eigenvalue weighted by Gasteiger charge is 2.25. The molecule has 0 heterocycles. The maximum atomic E-state index is 12.9. The van der Waals surface area contributed by atoms with Gasteiger partial charge in [0.2, 0.25) is 11.8 Å². The van der Waals surface area contributed by atoms with Gasteiger partial charge in [-0.3, -0.25) is 14.4 Å². The van der Waals surface area contributed by atoms with Gasteiger partial charge in [0.1, 0.15) is 6.04 Å². The van der Waals surface area contributed by atoms with Crippen molar-refractivity contribution in [2.45, 2.75) is 58.5 Å². The molecule has 7 nitrogen and oxygen atoms in total. The number of nitrogens with zero attached hydrogens (tertiary/aromatic N) is 1. The summed E-state index contributed by atoms with van der Waals surface area (Å²) in [5.41, 5.74) is 12.4. The lowest BCUT2D eigenvalue weighted by atomic mass is 9.96. The average Bonchev–Trinajstić information content (AvgIpc) is 2.95. The van der Waals surface area contributed by atoms with Crippen molar-refractivity contribution in [3.05, 3.63) is 83.9 Å². The molecule has 0 aliphatic rings. The van der Waals surface area contributed by atoms with E-state index in [2.05, 4.69) is 47.8 Å². The monoisotopic (exact) mass is 557 g/mol. The van der Waals surface area contributed by atoms with E-state index in [9.17, 15) is 14.4 Å². The predicted molar refractivity (Wildman–Crippen MR) is 164 cm³/mol. The van der Waals surface area contributed by atoms with E-state index in [-0.39, 0.29) is 23.7 Å². The topological polar surface area (TPSA) is 102 Å². The van der Waals surface area contributed by atoms with Crippen molar-refractivity contribution in [3.63, 3.8) is 0 Å². The predicted octanol–water partition coefficient (Wildman–Crippen LogP) is 5.01. The number of hydrogen-bond donors (Lipinski definition) is 2. The van der Waals surface area contributed by atoms with E-state index in [0.29, 0.717) is 32.3 Å². The van der Waals surface area contributed by atoms with Crippen molar-refractivity contribution in [1.82, 2.24) is 10.2 Å². The van der Waals surface area contributed by atoms with Gasteiger partial charge in [-0.1, -0.05) is 86.6 Å². The van der Waals surface area contributed by atoms with Gasteiger partial charge in [-0.05, 0) is 59.1 Å². The van der Waals surface area contributed by atoms with Gasteiger partial charge in [0, 0.05) is 26.9 Å². The summed E-state index contributed by atoms with van der Waals surface area (Å²) < 4.78 is 5.04. The molecular weight excluding hydrogens is 514 g/mol. The molecule has 0 aliphatic heterocycles. The molecule has 0 bridgehead atoms. The maximum Gasteiger partial charge on any atom is 0.306 e. The third-order valence-corrected chi connectivity index (χ3v) is 6.89. The molecule has 0 saturated heterocycles. The fraction of sp³-hybridized carbons (Fsp3) is 0.382. The minimum atomic E-state index is -0.704. The van der Waals surface area contributed by atoms with E-state index in [1.54, 1.807) is 14.1 Å². The highest BCUT2D eigenvalue weighted by atomic mass is 16.5. The minimum Gasteiger partial charge on any atom is -0.466 e. The highest BCUT2D eigenvalue weighted by Crippen LogP contribution is 2.27. The third-order valence-electron chi connectivity index (χ3n) is 6.89. The van der Waals surface area contributed by atoms with E-state index in [1.165, 1.54) is 4.90 Å². The Bertz CT molecular complexity index is 1320. The molecule has 218 valence electrons. The molecule has 41 heavy (non-hydrogen) atoms. The lowest BCUT2D eigenvalue weighted by Crippen LogP contribution is -2.52. The Hall–Kier alpha value is -3.97. The molecule has 7 heteroatoms. The lowest BCUT2D eigenvalue weighted by molar-refractivity contribution is -0.143. The smallest absolute Gasteiger partial charge is 0.306 e. The molecule has 0 unspecified atom stereocenters. The summed E-state index contributed by atoms with van der Waals surface area (Å²) in [7, 11) is 3.37. The first-order chi connectivity index (χ1) is 19.6. The SMILES string of the molecule is CCOC(=O)CCc1cccc(-c2ccc(-c3cccc(C[C@H](NC(=O)[C@@H](N)CC(C)C)C(=O)N(C)C)c3)cc2)c1.